The lowest BCUT2D eigenvalue weighted by Gasteiger charge is -2.26. The maximum atomic E-state index is 11.9. The highest BCUT2D eigenvalue weighted by Crippen LogP contribution is 2.23. The Kier molecular flexibility index (Phi) is 5.41. The van der Waals surface area contributed by atoms with Gasteiger partial charge in [0.1, 0.15) is 5.75 Å². The molecule has 4 heteroatoms. The molecule has 1 aliphatic carbocycles. The first-order chi connectivity index (χ1) is 9.69. The van der Waals surface area contributed by atoms with Crippen LogP contribution < -0.4 is 10.1 Å². The van der Waals surface area contributed by atoms with Crippen molar-refractivity contribution in [2.45, 2.75) is 45.3 Å². The molecule has 1 aliphatic rings. The lowest BCUT2D eigenvalue weighted by molar-refractivity contribution is -0.124. The van der Waals surface area contributed by atoms with E-state index in [9.17, 15) is 9.90 Å². The molecule has 0 bridgehead atoms. The highest BCUT2D eigenvalue weighted by molar-refractivity contribution is 5.77. The standard InChI is InChI=1S/C16H23NO3/c1-12-6-8-14(9-7-12)17-16(19)11-20-15-5-3-2-4-13(15)10-18/h2-5,12,14,18H,6-11H2,1H3,(H,17,19). The average molecular weight is 277 g/mol. The number of ether oxygens (including phenoxy) is 1. The Hall–Kier alpha value is -1.55. The third-order valence-corrected chi connectivity index (χ3v) is 3.88. The second kappa shape index (κ2) is 7.29. The second-order valence-corrected chi connectivity index (χ2v) is 5.58. The molecular weight excluding hydrogens is 254 g/mol. The van der Waals surface area contributed by atoms with Gasteiger partial charge in [-0.15, -0.1) is 0 Å². The van der Waals surface area contributed by atoms with Gasteiger partial charge in [0.05, 0.1) is 6.61 Å². The number of hydrogen-bond acceptors (Lipinski definition) is 3. The van der Waals surface area contributed by atoms with Crippen LogP contribution in [0.3, 0.4) is 0 Å². The summed E-state index contributed by atoms with van der Waals surface area (Å²) in [4.78, 5) is 11.9. The first-order valence-electron chi connectivity index (χ1n) is 7.30. The van der Waals surface area contributed by atoms with Crippen LogP contribution in [0.1, 0.15) is 38.2 Å². The number of carbonyl (C=O) groups excluding carboxylic acids is 1. The van der Waals surface area contributed by atoms with Gasteiger partial charge in [0, 0.05) is 11.6 Å². The van der Waals surface area contributed by atoms with E-state index in [2.05, 4.69) is 12.2 Å². The maximum Gasteiger partial charge on any atom is 0.258 e. The van der Waals surface area contributed by atoms with Crippen LogP contribution in [0.15, 0.2) is 24.3 Å². The summed E-state index contributed by atoms with van der Waals surface area (Å²) in [7, 11) is 0. The molecule has 0 aliphatic heterocycles. The molecule has 0 aromatic heterocycles. The molecule has 110 valence electrons. The van der Waals surface area contributed by atoms with Crippen LogP contribution in [0.5, 0.6) is 5.75 Å². The number of para-hydroxylation sites is 1. The molecule has 1 aromatic rings. The summed E-state index contributed by atoms with van der Waals surface area (Å²) in [6, 6.07) is 7.50. The molecule has 0 heterocycles. The molecule has 0 atom stereocenters. The molecule has 0 saturated heterocycles. The lowest BCUT2D eigenvalue weighted by Crippen LogP contribution is -2.39. The van der Waals surface area contributed by atoms with E-state index in [4.69, 9.17) is 4.74 Å². The van der Waals surface area contributed by atoms with Crippen molar-refractivity contribution in [3.63, 3.8) is 0 Å². The molecule has 1 amide bonds. The lowest BCUT2D eigenvalue weighted by atomic mass is 9.87. The number of amides is 1. The van der Waals surface area contributed by atoms with Crippen molar-refractivity contribution in [1.29, 1.82) is 0 Å². The molecule has 1 fully saturated rings. The normalized spacial score (nSPS) is 22.3. The Labute approximate surface area is 120 Å². The number of aliphatic hydroxyl groups is 1. The van der Waals surface area contributed by atoms with E-state index in [-0.39, 0.29) is 25.2 Å². The Morgan fingerprint density at radius 3 is 2.70 bits per heavy atom. The minimum atomic E-state index is -0.0858. The van der Waals surface area contributed by atoms with Gasteiger partial charge in [-0.1, -0.05) is 25.1 Å². The highest BCUT2D eigenvalue weighted by Gasteiger charge is 2.19. The zero-order valence-electron chi connectivity index (χ0n) is 12.0. The third kappa shape index (κ3) is 4.23. The monoisotopic (exact) mass is 277 g/mol. The fraction of sp³-hybridized carbons (Fsp3) is 0.562. The van der Waals surface area contributed by atoms with Crippen molar-refractivity contribution in [2.24, 2.45) is 5.92 Å². The number of nitrogens with one attached hydrogen (secondary N) is 1. The second-order valence-electron chi connectivity index (χ2n) is 5.58. The van der Waals surface area contributed by atoms with Gasteiger partial charge in [-0.25, -0.2) is 0 Å². The number of aliphatic hydroxyl groups excluding tert-OH is 1. The van der Waals surface area contributed by atoms with Gasteiger partial charge in [-0.05, 0) is 37.7 Å². The molecule has 2 N–H and O–H groups in total. The minimum Gasteiger partial charge on any atom is -0.483 e. The van der Waals surface area contributed by atoms with Gasteiger partial charge in [0.15, 0.2) is 6.61 Å². The van der Waals surface area contributed by atoms with Crippen molar-refractivity contribution in [2.75, 3.05) is 6.61 Å². The summed E-state index contributed by atoms with van der Waals surface area (Å²) in [6.45, 7) is 2.17. The highest BCUT2D eigenvalue weighted by atomic mass is 16.5. The molecule has 4 nitrogen and oxygen atoms in total. The van der Waals surface area contributed by atoms with Crippen LogP contribution in [0.2, 0.25) is 0 Å². The van der Waals surface area contributed by atoms with E-state index in [1.54, 1.807) is 12.1 Å². The average Bonchev–Trinajstić information content (AvgIpc) is 2.48. The quantitative estimate of drug-likeness (QED) is 0.868. The fourth-order valence-electron chi connectivity index (χ4n) is 2.59. The summed E-state index contributed by atoms with van der Waals surface area (Å²) < 4.78 is 5.48. The van der Waals surface area contributed by atoms with Crippen molar-refractivity contribution in [3.8, 4) is 5.75 Å². The molecule has 2 rings (SSSR count). The topological polar surface area (TPSA) is 58.6 Å². The molecule has 1 saturated carbocycles. The van der Waals surface area contributed by atoms with E-state index in [1.807, 2.05) is 12.1 Å². The predicted octanol–water partition coefficient (Wildman–Crippen LogP) is 2.25. The Balaban J connectivity index is 1.77. The van der Waals surface area contributed by atoms with Crippen molar-refractivity contribution >= 4 is 5.91 Å². The largest absolute Gasteiger partial charge is 0.483 e. The van der Waals surface area contributed by atoms with Crippen LogP contribution in [0, 0.1) is 5.92 Å². The van der Waals surface area contributed by atoms with Crippen molar-refractivity contribution in [3.05, 3.63) is 29.8 Å². The summed E-state index contributed by atoms with van der Waals surface area (Å²) >= 11 is 0. The minimum absolute atomic E-state index is 0.00304. The Bertz CT molecular complexity index is 439. The predicted molar refractivity (Wildman–Crippen MR) is 77.4 cm³/mol. The maximum absolute atomic E-state index is 11.9. The van der Waals surface area contributed by atoms with E-state index in [1.165, 1.54) is 12.8 Å². The Morgan fingerprint density at radius 2 is 2.00 bits per heavy atom. The van der Waals surface area contributed by atoms with E-state index in [0.717, 1.165) is 18.8 Å². The summed E-state index contributed by atoms with van der Waals surface area (Å²) in [5.74, 6) is 1.26. The summed E-state index contributed by atoms with van der Waals surface area (Å²) in [5, 5.41) is 12.2. The van der Waals surface area contributed by atoms with Gasteiger partial charge in [0.25, 0.3) is 5.91 Å². The molecular formula is C16H23NO3. The van der Waals surface area contributed by atoms with Crippen LogP contribution in [0.4, 0.5) is 0 Å². The summed E-state index contributed by atoms with van der Waals surface area (Å²) in [5.41, 5.74) is 0.701. The molecule has 1 aromatic carbocycles. The Morgan fingerprint density at radius 1 is 1.30 bits per heavy atom. The number of benzene rings is 1. The smallest absolute Gasteiger partial charge is 0.258 e. The van der Waals surface area contributed by atoms with Crippen LogP contribution in [-0.4, -0.2) is 23.7 Å². The zero-order chi connectivity index (χ0) is 14.4. The fourth-order valence-corrected chi connectivity index (χ4v) is 2.59. The molecule has 0 spiro atoms. The van der Waals surface area contributed by atoms with Crippen molar-refractivity contribution < 1.29 is 14.6 Å². The van der Waals surface area contributed by atoms with Crippen LogP contribution >= 0.6 is 0 Å². The van der Waals surface area contributed by atoms with Gasteiger partial charge in [-0.3, -0.25) is 4.79 Å². The summed E-state index contributed by atoms with van der Waals surface area (Å²) in [6.07, 6.45) is 4.47. The molecule has 0 unspecified atom stereocenters. The third-order valence-electron chi connectivity index (χ3n) is 3.88. The first-order valence-corrected chi connectivity index (χ1v) is 7.30. The van der Waals surface area contributed by atoms with Gasteiger partial charge < -0.3 is 15.2 Å². The zero-order valence-corrected chi connectivity index (χ0v) is 12.0. The first kappa shape index (κ1) is 14.9. The van der Waals surface area contributed by atoms with E-state index in [0.29, 0.717) is 11.3 Å². The van der Waals surface area contributed by atoms with Gasteiger partial charge >= 0.3 is 0 Å². The number of carbonyl (C=O) groups is 1. The van der Waals surface area contributed by atoms with Gasteiger partial charge in [-0.2, -0.15) is 0 Å². The van der Waals surface area contributed by atoms with E-state index >= 15 is 0 Å². The molecule has 0 radical (unpaired) electrons. The van der Waals surface area contributed by atoms with Crippen molar-refractivity contribution in [1.82, 2.24) is 5.32 Å². The number of hydrogen-bond donors (Lipinski definition) is 2. The van der Waals surface area contributed by atoms with Crippen LogP contribution in [0.25, 0.3) is 0 Å². The molecule has 20 heavy (non-hydrogen) atoms. The number of rotatable bonds is 5. The van der Waals surface area contributed by atoms with Gasteiger partial charge in [0.2, 0.25) is 0 Å². The van der Waals surface area contributed by atoms with Crippen LogP contribution in [-0.2, 0) is 11.4 Å². The van der Waals surface area contributed by atoms with E-state index < -0.39 is 0 Å². The SMILES string of the molecule is CC1CCC(NC(=O)COc2ccccc2CO)CC1.